The second kappa shape index (κ2) is 4.29. The highest BCUT2D eigenvalue weighted by Crippen LogP contribution is 2.17. The van der Waals surface area contributed by atoms with Gasteiger partial charge in [0, 0.05) is 12.3 Å². The van der Waals surface area contributed by atoms with E-state index in [4.69, 9.17) is 9.84 Å². The fourth-order valence-electron chi connectivity index (χ4n) is 0.903. The van der Waals surface area contributed by atoms with Crippen LogP contribution in [0.2, 0.25) is 0 Å². The molecule has 0 aromatic carbocycles. The molecule has 0 saturated carbocycles. The van der Waals surface area contributed by atoms with Crippen LogP contribution in [0.3, 0.4) is 0 Å². The summed E-state index contributed by atoms with van der Waals surface area (Å²) in [5, 5.41) is 8.87. The molecule has 1 rings (SSSR count). The molecule has 0 amide bonds. The average molecular weight is 209 g/mol. The quantitative estimate of drug-likeness (QED) is 0.822. The van der Waals surface area contributed by atoms with Crippen LogP contribution in [-0.4, -0.2) is 22.7 Å². The number of hydrogen-bond acceptors (Lipinski definition) is 3. The van der Waals surface area contributed by atoms with Gasteiger partial charge in [-0.2, -0.15) is 0 Å². The molecule has 82 valence electrons. The summed E-state index contributed by atoms with van der Waals surface area (Å²) >= 11 is 0. The fraction of sp³-hybridized carbons (Fsp3) is 0.455. The molecule has 0 aliphatic rings. The van der Waals surface area contributed by atoms with Crippen molar-refractivity contribution in [1.82, 2.24) is 4.98 Å². The van der Waals surface area contributed by atoms with Gasteiger partial charge in [0.25, 0.3) is 0 Å². The van der Waals surface area contributed by atoms with Gasteiger partial charge in [0.05, 0.1) is 5.41 Å². The number of carboxylic acid groups (broad SMARTS) is 1. The predicted octanol–water partition coefficient (Wildman–Crippen LogP) is 1.88. The molecule has 0 aliphatic heterocycles. The summed E-state index contributed by atoms with van der Waals surface area (Å²) in [6.07, 6.45) is 1.64. The van der Waals surface area contributed by atoms with Crippen molar-refractivity contribution >= 4 is 5.97 Å². The number of aryl methyl sites for hydroxylation is 1. The number of aromatic nitrogens is 1. The molecular formula is C11H15NO3. The summed E-state index contributed by atoms with van der Waals surface area (Å²) in [5.74, 6) is -0.417. The maximum atomic E-state index is 10.8. The molecule has 4 nitrogen and oxygen atoms in total. The van der Waals surface area contributed by atoms with Crippen LogP contribution >= 0.6 is 0 Å². The van der Waals surface area contributed by atoms with E-state index in [-0.39, 0.29) is 6.61 Å². The first-order valence-electron chi connectivity index (χ1n) is 4.71. The Kier molecular flexibility index (Phi) is 3.29. The summed E-state index contributed by atoms with van der Waals surface area (Å²) in [5.41, 5.74) is 0.138. The number of carboxylic acids is 1. The molecule has 0 radical (unpaired) electrons. The Morgan fingerprint density at radius 2 is 2.27 bits per heavy atom. The second-order valence-electron chi connectivity index (χ2n) is 4.15. The Morgan fingerprint density at radius 3 is 2.80 bits per heavy atom. The molecular weight excluding hydrogens is 194 g/mol. The molecule has 0 unspecified atom stereocenters. The van der Waals surface area contributed by atoms with E-state index in [0.717, 1.165) is 5.56 Å². The van der Waals surface area contributed by atoms with Crippen molar-refractivity contribution < 1.29 is 14.6 Å². The van der Waals surface area contributed by atoms with Crippen LogP contribution in [0.15, 0.2) is 18.3 Å². The zero-order chi connectivity index (χ0) is 11.5. The monoisotopic (exact) mass is 209 g/mol. The van der Waals surface area contributed by atoms with E-state index in [9.17, 15) is 4.79 Å². The smallest absolute Gasteiger partial charge is 0.312 e. The molecule has 0 spiro atoms. The van der Waals surface area contributed by atoms with Gasteiger partial charge in [-0.25, -0.2) is 4.98 Å². The zero-order valence-corrected chi connectivity index (χ0v) is 9.15. The van der Waals surface area contributed by atoms with Crippen molar-refractivity contribution in [2.24, 2.45) is 5.41 Å². The summed E-state index contributed by atoms with van der Waals surface area (Å²) < 4.78 is 5.32. The third kappa shape index (κ3) is 3.23. The number of carbonyl (C=O) groups is 1. The highest BCUT2D eigenvalue weighted by Gasteiger charge is 2.28. The standard InChI is InChI=1S/C11H15NO3/c1-8-4-5-12-9(6-8)15-7-11(2,3)10(13)14/h4-6H,7H2,1-3H3,(H,13,14). The number of hydrogen-bond donors (Lipinski definition) is 1. The third-order valence-electron chi connectivity index (χ3n) is 2.05. The average Bonchev–Trinajstić information content (AvgIpc) is 2.15. The van der Waals surface area contributed by atoms with Crippen molar-refractivity contribution in [2.45, 2.75) is 20.8 Å². The van der Waals surface area contributed by atoms with Gasteiger partial charge in [-0.3, -0.25) is 4.79 Å². The Morgan fingerprint density at radius 1 is 1.60 bits per heavy atom. The molecule has 0 atom stereocenters. The highest BCUT2D eigenvalue weighted by molar-refractivity contribution is 5.73. The van der Waals surface area contributed by atoms with Crippen LogP contribution in [-0.2, 0) is 4.79 Å². The second-order valence-corrected chi connectivity index (χ2v) is 4.15. The Balaban J connectivity index is 2.61. The lowest BCUT2D eigenvalue weighted by molar-refractivity contribution is -0.148. The number of pyridine rings is 1. The van der Waals surface area contributed by atoms with Gasteiger partial charge < -0.3 is 9.84 Å². The first kappa shape index (κ1) is 11.5. The Hall–Kier alpha value is -1.58. The molecule has 4 heteroatoms. The lowest BCUT2D eigenvalue weighted by atomic mass is 9.95. The van der Waals surface area contributed by atoms with Gasteiger partial charge in [-0.15, -0.1) is 0 Å². The number of aliphatic carboxylic acids is 1. The molecule has 0 aliphatic carbocycles. The number of nitrogens with zero attached hydrogens (tertiary/aromatic N) is 1. The van der Waals surface area contributed by atoms with Gasteiger partial charge in [-0.05, 0) is 32.4 Å². The van der Waals surface area contributed by atoms with E-state index in [2.05, 4.69) is 4.98 Å². The zero-order valence-electron chi connectivity index (χ0n) is 9.15. The fourth-order valence-corrected chi connectivity index (χ4v) is 0.903. The van der Waals surface area contributed by atoms with Gasteiger partial charge in [-0.1, -0.05) is 0 Å². The SMILES string of the molecule is Cc1ccnc(OCC(C)(C)C(=O)O)c1. The molecule has 1 aromatic rings. The van der Waals surface area contributed by atoms with E-state index in [0.29, 0.717) is 5.88 Å². The van der Waals surface area contributed by atoms with E-state index in [1.54, 1.807) is 26.1 Å². The third-order valence-corrected chi connectivity index (χ3v) is 2.05. The van der Waals surface area contributed by atoms with E-state index >= 15 is 0 Å². The van der Waals surface area contributed by atoms with E-state index < -0.39 is 11.4 Å². The minimum absolute atomic E-state index is 0.110. The van der Waals surface area contributed by atoms with Gasteiger partial charge in [0.2, 0.25) is 5.88 Å². The first-order chi connectivity index (χ1) is 6.92. The van der Waals surface area contributed by atoms with Crippen LogP contribution in [0, 0.1) is 12.3 Å². The molecule has 1 heterocycles. The molecule has 0 bridgehead atoms. The van der Waals surface area contributed by atoms with Crippen LogP contribution in [0.1, 0.15) is 19.4 Å². The molecule has 15 heavy (non-hydrogen) atoms. The van der Waals surface area contributed by atoms with Gasteiger partial charge in [0.15, 0.2) is 0 Å². The number of rotatable bonds is 4. The van der Waals surface area contributed by atoms with Crippen molar-refractivity contribution in [3.8, 4) is 5.88 Å². The molecule has 1 aromatic heterocycles. The highest BCUT2D eigenvalue weighted by atomic mass is 16.5. The van der Waals surface area contributed by atoms with Gasteiger partial charge in [0.1, 0.15) is 6.61 Å². The van der Waals surface area contributed by atoms with Gasteiger partial charge >= 0.3 is 5.97 Å². The van der Waals surface area contributed by atoms with E-state index in [1.165, 1.54) is 0 Å². The predicted molar refractivity (Wildman–Crippen MR) is 55.9 cm³/mol. The molecule has 1 N–H and O–H groups in total. The minimum atomic E-state index is -0.897. The topological polar surface area (TPSA) is 59.4 Å². The van der Waals surface area contributed by atoms with Crippen molar-refractivity contribution in [3.05, 3.63) is 23.9 Å². The summed E-state index contributed by atoms with van der Waals surface area (Å²) in [4.78, 5) is 14.8. The molecule has 0 saturated heterocycles. The lowest BCUT2D eigenvalue weighted by Gasteiger charge is -2.18. The lowest BCUT2D eigenvalue weighted by Crippen LogP contribution is -2.30. The minimum Gasteiger partial charge on any atom is -0.481 e. The van der Waals surface area contributed by atoms with Crippen LogP contribution in [0.4, 0.5) is 0 Å². The van der Waals surface area contributed by atoms with Crippen molar-refractivity contribution in [1.29, 1.82) is 0 Å². The summed E-state index contributed by atoms with van der Waals surface area (Å²) in [6, 6.07) is 3.63. The maximum Gasteiger partial charge on any atom is 0.312 e. The van der Waals surface area contributed by atoms with Crippen LogP contribution in [0.5, 0.6) is 5.88 Å². The maximum absolute atomic E-state index is 10.8. The van der Waals surface area contributed by atoms with Crippen molar-refractivity contribution in [2.75, 3.05) is 6.61 Å². The molecule has 0 fully saturated rings. The largest absolute Gasteiger partial charge is 0.481 e. The first-order valence-corrected chi connectivity index (χ1v) is 4.71. The normalized spacial score (nSPS) is 11.1. The Labute approximate surface area is 88.9 Å². The van der Waals surface area contributed by atoms with Crippen LogP contribution in [0.25, 0.3) is 0 Å². The summed E-state index contributed by atoms with van der Waals surface area (Å²) in [6.45, 7) is 5.27. The number of ether oxygens (including phenoxy) is 1. The van der Waals surface area contributed by atoms with E-state index in [1.807, 2.05) is 13.0 Å². The Bertz CT molecular complexity index is 361. The summed E-state index contributed by atoms with van der Waals surface area (Å²) in [7, 11) is 0. The van der Waals surface area contributed by atoms with Crippen molar-refractivity contribution in [3.63, 3.8) is 0 Å². The van der Waals surface area contributed by atoms with Crippen LogP contribution < -0.4 is 4.74 Å².